The molecule has 1 saturated carbocycles. The molecule has 5 nitrogen and oxygen atoms in total. The van der Waals surface area contributed by atoms with E-state index in [0.29, 0.717) is 16.7 Å². The van der Waals surface area contributed by atoms with Crippen molar-refractivity contribution < 1.29 is 4.79 Å². The summed E-state index contributed by atoms with van der Waals surface area (Å²) in [5.41, 5.74) is 0.878. The highest BCUT2D eigenvalue weighted by Crippen LogP contribution is 2.29. The molecule has 1 aromatic carbocycles. The third kappa shape index (κ3) is 4.65. The fourth-order valence-electron chi connectivity index (χ4n) is 2.81. The van der Waals surface area contributed by atoms with E-state index in [4.69, 9.17) is 11.6 Å². The Labute approximate surface area is 144 Å². The van der Waals surface area contributed by atoms with Gasteiger partial charge in [0, 0.05) is 18.0 Å². The minimum atomic E-state index is -0.298. The Bertz CT molecular complexity index is 670. The van der Waals surface area contributed by atoms with Crippen LogP contribution in [0.3, 0.4) is 0 Å². The average molecular weight is 351 g/mol. The molecule has 0 bridgehead atoms. The maximum atomic E-state index is 11.9. The largest absolute Gasteiger partial charge is 0.334 e. The summed E-state index contributed by atoms with van der Waals surface area (Å²) >= 11 is 7.51. The number of hydrogen-bond acceptors (Lipinski definition) is 4. The lowest BCUT2D eigenvalue weighted by molar-refractivity contribution is 0.251. The zero-order chi connectivity index (χ0) is 16.1. The standard InChI is InChI=1S/C16H19ClN4OS/c17-13-8-4-3-7-12(13)10-18-15(22)19-16-21-20-14(23-16)9-11-5-1-2-6-11/h3-4,7-8,11H,1-2,5-6,9-10H2,(H2,18,19,21,22). The first-order valence-corrected chi connectivity index (χ1v) is 9.01. The Kier molecular flexibility index (Phi) is 5.46. The minimum Gasteiger partial charge on any atom is -0.334 e. The van der Waals surface area contributed by atoms with Crippen LogP contribution >= 0.6 is 22.9 Å². The highest BCUT2D eigenvalue weighted by atomic mass is 35.5. The summed E-state index contributed by atoms with van der Waals surface area (Å²) in [6, 6.07) is 7.14. The molecule has 2 amide bonds. The molecular weight excluding hydrogens is 332 g/mol. The number of urea groups is 1. The van der Waals surface area contributed by atoms with E-state index < -0.39 is 0 Å². The van der Waals surface area contributed by atoms with Crippen LogP contribution in [0.4, 0.5) is 9.93 Å². The lowest BCUT2D eigenvalue weighted by atomic mass is 10.1. The first-order chi connectivity index (χ1) is 11.2. The molecule has 1 aromatic heterocycles. The molecule has 0 saturated heterocycles. The molecule has 0 spiro atoms. The monoisotopic (exact) mass is 350 g/mol. The molecule has 2 N–H and O–H groups in total. The number of rotatable bonds is 5. The fraction of sp³-hybridized carbons (Fsp3) is 0.438. The summed E-state index contributed by atoms with van der Waals surface area (Å²) in [6.07, 6.45) is 6.17. The molecule has 0 atom stereocenters. The van der Waals surface area contributed by atoms with Crippen LogP contribution in [0.1, 0.15) is 36.3 Å². The van der Waals surface area contributed by atoms with Gasteiger partial charge in [-0.15, -0.1) is 10.2 Å². The number of nitrogens with one attached hydrogen (secondary N) is 2. The van der Waals surface area contributed by atoms with E-state index in [1.165, 1.54) is 37.0 Å². The number of halogens is 1. The van der Waals surface area contributed by atoms with Gasteiger partial charge in [-0.2, -0.15) is 0 Å². The number of nitrogens with zero attached hydrogens (tertiary/aromatic N) is 2. The molecular formula is C16H19ClN4OS. The van der Waals surface area contributed by atoms with Crippen LogP contribution in [0.5, 0.6) is 0 Å². The molecule has 1 heterocycles. The van der Waals surface area contributed by atoms with Crippen molar-refractivity contribution in [3.05, 3.63) is 39.9 Å². The predicted molar refractivity (Wildman–Crippen MR) is 92.9 cm³/mol. The van der Waals surface area contributed by atoms with Crippen molar-refractivity contribution in [1.82, 2.24) is 15.5 Å². The predicted octanol–water partition coefficient (Wildman–Crippen LogP) is 4.25. The van der Waals surface area contributed by atoms with Gasteiger partial charge in [-0.3, -0.25) is 5.32 Å². The van der Waals surface area contributed by atoms with Crippen LogP contribution in [0.25, 0.3) is 0 Å². The van der Waals surface area contributed by atoms with Gasteiger partial charge in [-0.1, -0.05) is 66.8 Å². The zero-order valence-electron chi connectivity index (χ0n) is 12.7. The van der Waals surface area contributed by atoms with Gasteiger partial charge in [0.1, 0.15) is 5.01 Å². The van der Waals surface area contributed by atoms with Gasteiger partial charge in [0.2, 0.25) is 5.13 Å². The molecule has 0 radical (unpaired) electrons. The van der Waals surface area contributed by atoms with Crippen molar-refractivity contribution in [3.8, 4) is 0 Å². The van der Waals surface area contributed by atoms with Gasteiger partial charge < -0.3 is 5.32 Å². The summed E-state index contributed by atoms with van der Waals surface area (Å²) in [5.74, 6) is 0.727. The van der Waals surface area contributed by atoms with Gasteiger partial charge in [0.15, 0.2) is 0 Å². The SMILES string of the molecule is O=C(NCc1ccccc1Cl)Nc1nnc(CC2CCCC2)s1. The number of carbonyl (C=O) groups excluding carboxylic acids is 1. The third-order valence-corrected chi connectivity index (χ3v) is 5.25. The maximum absolute atomic E-state index is 11.9. The van der Waals surface area contributed by atoms with Crippen LogP contribution < -0.4 is 10.6 Å². The van der Waals surface area contributed by atoms with Crippen LogP contribution in [-0.4, -0.2) is 16.2 Å². The quantitative estimate of drug-likeness (QED) is 0.847. The third-order valence-electron chi connectivity index (χ3n) is 4.02. The van der Waals surface area contributed by atoms with Gasteiger partial charge in [-0.05, 0) is 17.5 Å². The average Bonchev–Trinajstić information content (AvgIpc) is 3.19. The first kappa shape index (κ1) is 16.2. The molecule has 2 aromatic rings. The summed E-state index contributed by atoms with van der Waals surface area (Å²) in [6.45, 7) is 0.374. The highest BCUT2D eigenvalue weighted by Gasteiger charge is 2.18. The topological polar surface area (TPSA) is 66.9 Å². The molecule has 1 aliphatic rings. The van der Waals surface area contributed by atoms with Crippen LogP contribution in [0, 0.1) is 5.92 Å². The van der Waals surface area contributed by atoms with Crippen molar-refractivity contribution in [1.29, 1.82) is 0 Å². The number of hydrogen-bond donors (Lipinski definition) is 2. The summed E-state index contributed by atoms with van der Waals surface area (Å²) in [4.78, 5) is 11.9. The second-order valence-electron chi connectivity index (χ2n) is 5.75. The molecule has 122 valence electrons. The minimum absolute atomic E-state index is 0.298. The van der Waals surface area contributed by atoms with E-state index in [2.05, 4.69) is 20.8 Å². The fourth-order valence-corrected chi connectivity index (χ4v) is 3.86. The Hall–Kier alpha value is -1.66. The highest BCUT2D eigenvalue weighted by molar-refractivity contribution is 7.15. The zero-order valence-corrected chi connectivity index (χ0v) is 14.3. The van der Waals surface area contributed by atoms with Crippen molar-refractivity contribution in [3.63, 3.8) is 0 Å². The van der Waals surface area contributed by atoms with E-state index in [-0.39, 0.29) is 6.03 Å². The van der Waals surface area contributed by atoms with Gasteiger partial charge >= 0.3 is 6.03 Å². The van der Waals surface area contributed by atoms with Crippen molar-refractivity contribution in [2.75, 3.05) is 5.32 Å². The number of anilines is 1. The van der Waals surface area contributed by atoms with E-state index in [1.807, 2.05) is 18.2 Å². The number of carbonyl (C=O) groups is 1. The second-order valence-corrected chi connectivity index (χ2v) is 7.22. The van der Waals surface area contributed by atoms with Crippen LogP contribution in [0.2, 0.25) is 5.02 Å². The Morgan fingerprint density at radius 3 is 2.83 bits per heavy atom. The van der Waals surface area contributed by atoms with E-state index >= 15 is 0 Å². The van der Waals surface area contributed by atoms with Crippen LogP contribution in [-0.2, 0) is 13.0 Å². The number of amides is 2. The number of benzene rings is 1. The molecule has 0 unspecified atom stereocenters. The normalized spacial score (nSPS) is 14.8. The second kappa shape index (κ2) is 7.75. The summed E-state index contributed by atoms with van der Waals surface area (Å²) < 4.78 is 0. The maximum Gasteiger partial charge on any atom is 0.321 e. The summed E-state index contributed by atoms with van der Waals surface area (Å²) in [7, 11) is 0. The smallest absolute Gasteiger partial charge is 0.321 e. The summed E-state index contributed by atoms with van der Waals surface area (Å²) in [5, 5.41) is 15.9. The molecule has 3 rings (SSSR count). The van der Waals surface area contributed by atoms with Crippen LogP contribution in [0.15, 0.2) is 24.3 Å². The molecule has 0 aliphatic heterocycles. The van der Waals surface area contributed by atoms with E-state index in [1.54, 1.807) is 6.07 Å². The Balaban J connectivity index is 1.48. The molecule has 7 heteroatoms. The first-order valence-electron chi connectivity index (χ1n) is 7.81. The van der Waals surface area contributed by atoms with Gasteiger partial charge in [0.25, 0.3) is 0 Å². The number of aromatic nitrogens is 2. The Morgan fingerprint density at radius 2 is 2.04 bits per heavy atom. The van der Waals surface area contributed by atoms with E-state index in [0.717, 1.165) is 22.9 Å². The molecule has 1 aliphatic carbocycles. The van der Waals surface area contributed by atoms with Crippen molar-refractivity contribution >= 4 is 34.1 Å². The van der Waals surface area contributed by atoms with Gasteiger partial charge in [-0.25, -0.2) is 4.79 Å². The molecule has 23 heavy (non-hydrogen) atoms. The van der Waals surface area contributed by atoms with Crippen molar-refractivity contribution in [2.45, 2.75) is 38.6 Å². The van der Waals surface area contributed by atoms with Gasteiger partial charge in [0.05, 0.1) is 0 Å². The molecule has 1 fully saturated rings. The van der Waals surface area contributed by atoms with Crippen molar-refractivity contribution in [2.24, 2.45) is 5.92 Å². The Morgan fingerprint density at radius 1 is 1.26 bits per heavy atom. The lowest BCUT2D eigenvalue weighted by Crippen LogP contribution is -2.28. The van der Waals surface area contributed by atoms with E-state index in [9.17, 15) is 4.79 Å². The lowest BCUT2D eigenvalue weighted by Gasteiger charge is -2.06.